The van der Waals surface area contributed by atoms with E-state index in [2.05, 4.69) is 6.58 Å². The first-order chi connectivity index (χ1) is 5.90. The number of fused-ring (bicyclic) bond motifs is 1. The SMILES string of the molecule is C=C[C@H]1COc2ccccc2O1. The summed E-state index contributed by atoms with van der Waals surface area (Å²) in [4.78, 5) is 0. The second kappa shape index (κ2) is 2.89. The van der Waals surface area contributed by atoms with Gasteiger partial charge in [0.1, 0.15) is 6.61 Å². The number of benzene rings is 1. The van der Waals surface area contributed by atoms with Crippen molar-refractivity contribution in [2.45, 2.75) is 6.10 Å². The summed E-state index contributed by atoms with van der Waals surface area (Å²) in [5, 5.41) is 0. The van der Waals surface area contributed by atoms with Gasteiger partial charge < -0.3 is 9.47 Å². The normalized spacial score (nSPS) is 20.2. The van der Waals surface area contributed by atoms with E-state index < -0.39 is 0 Å². The zero-order chi connectivity index (χ0) is 8.39. The Bertz CT molecular complexity index is 294. The number of rotatable bonds is 1. The molecule has 1 aliphatic heterocycles. The van der Waals surface area contributed by atoms with Crippen LogP contribution in [0.3, 0.4) is 0 Å². The van der Waals surface area contributed by atoms with E-state index in [-0.39, 0.29) is 6.10 Å². The van der Waals surface area contributed by atoms with Crippen LogP contribution in [0, 0.1) is 0 Å². The molecule has 0 aliphatic carbocycles. The lowest BCUT2D eigenvalue weighted by Gasteiger charge is -2.23. The van der Waals surface area contributed by atoms with Crippen LogP contribution in [0.5, 0.6) is 11.5 Å². The lowest BCUT2D eigenvalue weighted by atomic mass is 10.2. The molecule has 1 atom stereocenters. The van der Waals surface area contributed by atoms with Crippen molar-refractivity contribution in [2.75, 3.05) is 6.61 Å². The molecule has 2 heteroatoms. The lowest BCUT2D eigenvalue weighted by molar-refractivity contribution is 0.123. The quantitative estimate of drug-likeness (QED) is 0.588. The Morgan fingerprint density at radius 3 is 2.83 bits per heavy atom. The summed E-state index contributed by atoms with van der Waals surface area (Å²) in [6, 6.07) is 7.64. The fourth-order valence-electron chi connectivity index (χ4n) is 1.15. The van der Waals surface area contributed by atoms with Gasteiger partial charge >= 0.3 is 0 Å². The molecule has 12 heavy (non-hydrogen) atoms. The van der Waals surface area contributed by atoms with Crippen molar-refractivity contribution in [1.29, 1.82) is 0 Å². The maximum Gasteiger partial charge on any atom is 0.162 e. The molecule has 62 valence electrons. The van der Waals surface area contributed by atoms with Gasteiger partial charge in [-0.05, 0) is 18.2 Å². The van der Waals surface area contributed by atoms with Crippen molar-refractivity contribution < 1.29 is 9.47 Å². The van der Waals surface area contributed by atoms with E-state index in [1.165, 1.54) is 0 Å². The van der Waals surface area contributed by atoms with Crippen LogP contribution in [-0.4, -0.2) is 12.7 Å². The van der Waals surface area contributed by atoms with E-state index in [0.717, 1.165) is 11.5 Å². The molecule has 0 unspecified atom stereocenters. The van der Waals surface area contributed by atoms with E-state index in [9.17, 15) is 0 Å². The monoisotopic (exact) mass is 162 g/mol. The van der Waals surface area contributed by atoms with Crippen LogP contribution in [0.25, 0.3) is 0 Å². The molecule has 2 rings (SSSR count). The van der Waals surface area contributed by atoms with E-state index in [0.29, 0.717) is 6.61 Å². The second-order valence-electron chi connectivity index (χ2n) is 2.65. The molecular formula is C10H10O2. The molecule has 2 nitrogen and oxygen atoms in total. The molecule has 1 aromatic carbocycles. The molecule has 0 aromatic heterocycles. The first-order valence-electron chi connectivity index (χ1n) is 3.91. The summed E-state index contributed by atoms with van der Waals surface area (Å²) < 4.78 is 11.0. The van der Waals surface area contributed by atoms with Gasteiger partial charge in [0.2, 0.25) is 0 Å². The first-order valence-corrected chi connectivity index (χ1v) is 3.91. The van der Waals surface area contributed by atoms with Gasteiger partial charge in [0.15, 0.2) is 17.6 Å². The van der Waals surface area contributed by atoms with E-state index in [4.69, 9.17) is 9.47 Å². The Labute approximate surface area is 71.4 Å². The number of para-hydroxylation sites is 2. The zero-order valence-electron chi connectivity index (χ0n) is 6.69. The Morgan fingerprint density at radius 2 is 2.08 bits per heavy atom. The van der Waals surface area contributed by atoms with Crippen molar-refractivity contribution in [2.24, 2.45) is 0 Å². The van der Waals surface area contributed by atoms with Crippen molar-refractivity contribution in [1.82, 2.24) is 0 Å². The summed E-state index contributed by atoms with van der Waals surface area (Å²) in [6.07, 6.45) is 1.73. The summed E-state index contributed by atoms with van der Waals surface area (Å²) in [5.41, 5.74) is 0. The standard InChI is InChI=1S/C10H10O2/c1-2-8-7-11-9-5-3-4-6-10(9)12-8/h2-6,8H,1,7H2/t8-/m0/s1. The average Bonchev–Trinajstić information content (AvgIpc) is 2.17. The van der Waals surface area contributed by atoms with E-state index >= 15 is 0 Å². The van der Waals surface area contributed by atoms with Crippen LogP contribution >= 0.6 is 0 Å². The van der Waals surface area contributed by atoms with Gasteiger partial charge in [0.05, 0.1) is 0 Å². The predicted molar refractivity (Wildman–Crippen MR) is 46.6 cm³/mol. The fourth-order valence-corrected chi connectivity index (χ4v) is 1.15. The number of hydrogen-bond acceptors (Lipinski definition) is 2. The molecule has 0 bridgehead atoms. The maximum absolute atomic E-state index is 5.54. The third-order valence-electron chi connectivity index (χ3n) is 1.79. The minimum absolute atomic E-state index is 0.0140. The van der Waals surface area contributed by atoms with Crippen LogP contribution < -0.4 is 9.47 Å². The highest BCUT2D eigenvalue weighted by atomic mass is 16.6. The van der Waals surface area contributed by atoms with Crippen LogP contribution in [0.1, 0.15) is 0 Å². The second-order valence-corrected chi connectivity index (χ2v) is 2.65. The summed E-state index contributed by atoms with van der Waals surface area (Å²) in [7, 11) is 0. The molecule has 0 saturated carbocycles. The van der Waals surface area contributed by atoms with E-state index in [1.807, 2.05) is 24.3 Å². The Hall–Kier alpha value is -1.44. The lowest BCUT2D eigenvalue weighted by Crippen LogP contribution is -2.26. The number of hydrogen-bond donors (Lipinski definition) is 0. The first kappa shape index (κ1) is 7.22. The fraction of sp³-hybridized carbons (Fsp3) is 0.200. The van der Waals surface area contributed by atoms with Crippen molar-refractivity contribution in [3.8, 4) is 11.5 Å². The highest BCUT2D eigenvalue weighted by Crippen LogP contribution is 2.30. The summed E-state index contributed by atoms with van der Waals surface area (Å²) in [6.45, 7) is 4.21. The minimum Gasteiger partial charge on any atom is -0.485 e. The predicted octanol–water partition coefficient (Wildman–Crippen LogP) is 2.01. The van der Waals surface area contributed by atoms with Gasteiger partial charge in [-0.2, -0.15) is 0 Å². The van der Waals surface area contributed by atoms with Gasteiger partial charge in [-0.15, -0.1) is 0 Å². The van der Waals surface area contributed by atoms with Crippen molar-refractivity contribution in [3.63, 3.8) is 0 Å². The van der Waals surface area contributed by atoms with Gasteiger partial charge in [-0.1, -0.05) is 18.7 Å². The topological polar surface area (TPSA) is 18.5 Å². The molecule has 1 aliphatic rings. The molecule has 0 fully saturated rings. The van der Waals surface area contributed by atoms with Crippen molar-refractivity contribution in [3.05, 3.63) is 36.9 Å². The number of ether oxygens (including phenoxy) is 2. The smallest absolute Gasteiger partial charge is 0.162 e. The van der Waals surface area contributed by atoms with Gasteiger partial charge in [0, 0.05) is 0 Å². The molecule has 0 radical (unpaired) electrons. The maximum atomic E-state index is 5.54. The minimum atomic E-state index is -0.0140. The van der Waals surface area contributed by atoms with E-state index in [1.54, 1.807) is 6.08 Å². The molecule has 0 N–H and O–H groups in total. The Balaban J connectivity index is 2.28. The van der Waals surface area contributed by atoms with Crippen LogP contribution in [0.2, 0.25) is 0 Å². The largest absolute Gasteiger partial charge is 0.485 e. The molecule has 1 aromatic rings. The Morgan fingerprint density at radius 1 is 1.33 bits per heavy atom. The Kier molecular flexibility index (Phi) is 1.74. The van der Waals surface area contributed by atoms with Gasteiger partial charge in [0.25, 0.3) is 0 Å². The molecular weight excluding hydrogens is 152 g/mol. The summed E-state index contributed by atoms with van der Waals surface area (Å²) >= 11 is 0. The highest BCUT2D eigenvalue weighted by Gasteiger charge is 2.16. The van der Waals surface area contributed by atoms with Gasteiger partial charge in [-0.3, -0.25) is 0 Å². The third kappa shape index (κ3) is 1.16. The van der Waals surface area contributed by atoms with Crippen LogP contribution in [0.4, 0.5) is 0 Å². The van der Waals surface area contributed by atoms with Crippen LogP contribution in [0.15, 0.2) is 36.9 Å². The molecule has 0 amide bonds. The van der Waals surface area contributed by atoms with Crippen LogP contribution in [-0.2, 0) is 0 Å². The van der Waals surface area contributed by atoms with Gasteiger partial charge in [-0.25, -0.2) is 0 Å². The molecule has 0 spiro atoms. The molecule has 0 saturated heterocycles. The average molecular weight is 162 g/mol. The summed E-state index contributed by atoms with van der Waals surface area (Å²) in [5.74, 6) is 1.62. The van der Waals surface area contributed by atoms with Crippen molar-refractivity contribution >= 4 is 0 Å². The highest BCUT2D eigenvalue weighted by molar-refractivity contribution is 5.40. The molecule has 1 heterocycles. The third-order valence-corrected chi connectivity index (χ3v) is 1.79. The zero-order valence-corrected chi connectivity index (χ0v) is 6.69.